The lowest BCUT2D eigenvalue weighted by Crippen LogP contribution is -2.16. The predicted octanol–water partition coefficient (Wildman–Crippen LogP) is 2.40. The average molecular weight is 243 g/mol. The van der Waals surface area contributed by atoms with E-state index in [9.17, 15) is 4.79 Å². The van der Waals surface area contributed by atoms with E-state index >= 15 is 0 Å². The van der Waals surface area contributed by atoms with E-state index in [4.69, 9.17) is 0 Å². The normalized spacial score (nSPS) is 10.6. The number of hydrogen-bond donors (Lipinski definition) is 1. The summed E-state index contributed by atoms with van der Waals surface area (Å²) >= 11 is 0. The van der Waals surface area contributed by atoms with Crippen LogP contribution in [0.1, 0.15) is 30.3 Å². The van der Waals surface area contributed by atoms with Gasteiger partial charge < -0.3 is 4.98 Å². The smallest absolute Gasteiger partial charge is 0.254 e. The van der Waals surface area contributed by atoms with Crippen molar-refractivity contribution in [1.82, 2.24) is 15.0 Å². The molecule has 0 saturated heterocycles. The van der Waals surface area contributed by atoms with Gasteiger partial charge in [0.2, 0.25) is 0 Å². The number of nitrogens with zero attached hydrogens (tertiary/aromatic N) is 2. The molecule has 94 valence electrons. The fourth-order valence-corrected chi connectivity index (χ4v) is 1.94. The van der Waals surface area contributed by atoms with Gasteiger partial charge in [0.1, 0.15) is 5.82 Å². The molecule has 0 unspecified atom stereocenters. The summed E-state index contributed by atoms with van der Waals surface area (Å²) in [5, 5.41) is 0. The summed E-state index contributed by atoms with van der Waals surface area (Å²) in [4.78, 5) is 23.4. The standard InChI is InChI=1S/C14H17N3O/c1-4-5-12-16-13(10(3)14(18)17-12)11-6-7-15-8-9(11)2/h6-8H,4-5H2,1-3H3,(H,16,17,18). The van der Waals surface area contributed by atoms with Gasteiger partial charge in [-0.1, -0.05) is 6.92 Å². The van der Waals surface area contributed by atoms with Crippen LogP contribution in [0, 0.1) is 13.8 Å². The third-order valence-corrected chi connectivity index (χ3v) is 2.96. The average Bonchev–Trinajstić information content (AvgIpc) is 2.35. The number of aryl methyl sites for hydroxylation is 2. The first-order chi connectivity index (χ1) is 8.63. The topological polar surface area (TPSA) is 58.6 Å². The summed E-state index contributed by atoms with van der Waals surface area (Å²) in [6.07, 6.45) is 5.26. The van der Waals surface area contributed by atoms with Crippen molar-refractivity contribution in [2.75, 3.05) is 0 Å². The largest absolute Gasteiger partial charge is 0.310 e. The molecule has 0 aliphatic carbocycles. The number of nitrogens with one attached hydrogen (secondary N) is 1. The molecule has 2 aromatic rings. The first-order valence-electron chi connectivity index (χ1n) is 6.14. The highest BCUT2D eigenvalue weighted by atomic mass is 16.1. The van der Waals surface area contributed by atoms with Gasteiger partial charge in [0.05, 0.1) is 5.69 Å². The van der Waals surface area contributed by atoms with Crippen LogP contribution in [0.4, 0.5) is 0 Å². The first kappa shape index (κ1) is 12.5. The molecule has 0 bridgehead atoms. The number of hydrogen-bond acceptors (Lipinski definition) is 3. The van der Waals surface area contributed by atoms with E-state index in [0.717, 1.165) is 35.5 Å². The van der Waals surface area contributed by atoms with E-state index in [1.165, 1.54) is 0 Å². The molecule has 2 aromatic heterocycles. The molecule has 2 heterocycles. The van der Waals surface area contributed by atoms with E-state index in [-0.39, 0.29) is 5.56 Å². The van der Waals surface area contributed by atoms with Gasteiger partial charge in [-0.15, -0.1) is 0 Å². The monoisotopic (exact) mass is 243 g/mol. The van der Waals surface area contributed by atoms with E-state index < -0.39 is 0 Å². The molecule has 0 fully saturated rings. The second-order valence-corrected chi connectivity index (χ2v) is 4.43. The van der Waals surface area contributed by atoms with Crippen molar-refractivity contribution >= 4 is 0 Å². The maximum Gasteiger partial charge on any atom is 0.254 e. The molecule has 0 saturated carbocycles. The minimum atomic E-state index is -0.0559. The molecule has 0 aliphatic heterocycles. The first-order valence-corrected chi connectivity index (χ1v) is 6.14. The number of pyridine rings is 1. The van der Waals surface area contributed by atoms with Gasteiger partial charge >= 0.3 is 0 Å². The van der Waals surface area contributed by atoms with Gasteiger partial charge in [-0.3, -0.25) is 9.78 Å². The third kappa shape index (κ3) is 2.32. The lowest BCUT2D eigenvalue weighted by molar-refractivity contribution is 0.822. The molecule has 4 heteroatoms. The van der Waals surface area contributed by atoms with Crippen molar-refractivity contribution < 1.29 is 0 Å². The van der Waals surface area contributed by atoms with E-state index in [2.05, 4.69) is 21.9 Å². The number of aromatic nitrogens is 3. The Hall–Kier alpha value is -1.97. The minimum absolute atomic E-state index is 0.0559. The highest BCUT2D eigenvalue weighted by Gasteiger charge is 2.11. The molecule has 1 N–H and O–H groups in total. The molecular formula is C14H17N3O. The highest BCUT2D eigenvalue weighted by molar-refractivity contribution is 5.65. The van der Waals surface area contributed by atoms with Crippen LogP contribution in [0.5, 0.6) is 0 Å². The van der Waals surface area contributed by atoms with Crippen LogP contribution < -0.4 is 5.56 Å². The highest BCUT2D eigenvalue weighted by Crippen LogP contribution is 2.21. The summed E-state index contributed by atoms with van der Waals surface area (Å²) < 4.78 is 0. The summed E-state index contributed by atoms with van der Waals surface area (Å²) in [6.45, 7) is 5.85. The van der Waals surface area contributed by atoms with Crippen LogP contribution in [0.3, 0.4) is 0 Å². The quantitative estimate of drug-likeness (QED) is 0.900. The van der Waals surface area contributed by atoms with Gasteiger partial charge in [0, 0.05) is 29.9 Å². The van der Waals surface area contributed by atoms with E-state index in [1.54, 1.807) is 19.3 Å². The fraction of sp³-hybridized carbons (Fsp3) is 0.357. The van der Waals surface area contributed by atoms with Crippen molar-refractivity contribution in [3.8, 4) is 11.3 Å². The zero-order valence-electron chi connectivity index (χ0n) is 10.9. The van der Waals surface area contributed by atoms with Crippen LogP contribution in [-0.2, 0) is 6.42 Å². The second-order valence-electron chi connectivity index (χ2n) is 4.43. The van der Waals surface area contributed by atoms with Crippen molar-refractivity contribution in [1.29, 1.82) is 0 Å². The lowest BCUT2D eigenvalue weighted by atomic mass is 10.0. The molecule has 0 spiro atoms. The van der Waals surface area contributed by atoms with Gasteiger partial charge in [0.25, 0.3) is 5.56 Å². The Balaban J connectivity index is 2.63. The van der Waals surface area contributed by atoms with E-state index in [0.29, 0.717) is 5.56 Å². The van der Waals surface area contributed by atoms with Crippen LogP contribution >= 0.6 is 0 Å². The molecule has 0 aliphatic rings. The predicted molar refractivity (Wildman–Crippen MR) is 71.6 cm³/mol. The zero-order chi connectivity index (χ0) is 13.1. The zero-order valence-corrected chi connectivity index (χ0v) is 10.9. The molecule has 0 aromatic carbocycles. The Morgan fingerprint density at radius 3 is 2.78 bits per heavy atom. The Bertz CT molecular complexity index is 617. The number of H-pyrrole nitrogens is 1. The van der Waals surface area contributed by atoms with Gasteiger partial charge in [-0.2, -0.15) is 0 Å². The third-order valence-electron chi connectivity index (χ3n) is 2.96. The van der Waals surface area contributed by atoms with Crippen LogP contribution in [0.25, 0.3) is 11.3 Å². The Morgan fingerprint density at radius 2 is 2.11 bits per heavy atom. The molecule has 0 radical (unpaired) electrons. The Morgan fingerprint density at radius 1 is 1.33 bits per heavy atom. The van der Waals surface area contributed by atoms with Gasteiger partial charge in [-0.05, 0) is 31.9 Å². The van der Waals surface area contributed by atoms with Gasteiger partial charge in [0.15, 0.2) is 0 Å². The fourth-order valence-electron chi connectivity index (χ4n) is 1.94. The minimum Gasteiger partial charge on any atom is -0.310 e. The maximum absolute atomic E-state index is 11.9. The maximum atomic E-state index is 11.9. The van der Waals surface area contributed by atoms with Crippen LogP contribution in [0.2, 0.25) is 0 Å². The lowest BCUT2D eigenvalue weighted by Gasteiger charge is -2.09. The summed E-state index contributed by atoms with van der Waals surface area (Å²) in [7, 11) is 0. The molecule has 18 heavy (non-hydrogen) atoms. The molecule has 2 rings (SSSR count). The van der Waals surface area contributed by atoms with Crippen LogP contribution in [-0.4, -0.2) is 15.0 Å². The van der Waals surface area contributed by atoms with Crippen molar-refractivity contribution in [2.45, 2.75) is 33.6 Å². The SMILES string of the molecule is CCCc1nc(-c2ccncc2C)c(C)c(=O)[nH]1. The summed E-state index contributed by atoms with van der Waals surface area (Å²) in [6, 6.07) is 1.90. The molecular weight excluding hydrogens is 226 g/mol. The molecule has 0 atom stereocenters. The van der Waals surface area contributed by atoms with Crippen LogP contribution in [0.15, 0.2) is 23.3 Å². The Kier molecular flexibility index (Phi) is 3.55. The van der Waals surface area contributed by atoms with Crippen molar-refractivity contribution in [3.05, 3.63) is 45.8 Å². The van der Waals surface area contributed by atoms with Crippen molar-refractivity contribution in [2.24, 2.45) is 0 Å². The van der Waals surface area contributed by atoms with E-state index in [1.807, 2.05) is 13.0 Å². The molecule has 4 nitrogen and oxygen atoms in total. The Labute approximate surface area is 106 Å². The van der Waals surface area contributed by atoms with Gasteiger partial charge in [-0.25, -0.2) is 4.98 Å². The molecule has 0 amide bonds. The van der Waals surface area contributed by atoms with Crippen molar-refractivity contribution in [3.63, 3.8) is 0 Å². The summed E-state index contributed by atoms with van der Waals surface area (Å²) in [5.74, 6) is 0.749. The number of aromatic amines is 1. The second kappa shape index (κ2) is 5.12. The summed E-state index contributed by atoms with van der Waals surface area (Å²) in [5.41, 5.74) is 3.37. The number of rotatable bonds is 3.